The maximum absolute atomic E-state index is 12.1. The number of nitrogens with two attached hydrogens (primary N) is 1. The largest absolute Gasteiger partial charge is 0.326 e. The number of nitrogens with one attached hydrogen (secondary N) is 2. The summed E-state index contributed by atoms with van der Waals surface area (Å²) in [7, 11) is 0. The van der Waals surface area contributed by atoms with Gasteiger partial charge in [-0.1, -0.05) is 26.8 Å². The zero-order valence-electron chi connectivity index (χ0n) is 12.8. The van der Waals surface area contributed by atoms with E-state index in [1.165, 1.54) is 0 Å². The number of hydrogen-bond acceptors (Lipinski definition) is 3. The number of benzene rings is 1. The highest BCUT2D eigenvalue weighted by molar-refractivity contribution is 5.97. The molecule has 0 aromatic heterocycles. The van der Waals surface area contributed by atoms with E-state index in [0.29, 0.717) is 11.4 Å². The van der Waals surface area contributed by atoms with Crippen LogP contribution in [-0.4, -0.2) is 17.9 Å². The average molecular weight is 289 g/mol. The first-order valence-corrected chi connectivity index (χ1v) is 7.25. The minimum absolute atomic E-state index is 0.0462. The molecule has 2 rings (SSSR count). The second-order valence-electron chi connectivity index (χ2n) is 6.68. The van der Waals surface area contributed by atoms with E-state index in [2.05, 4.69) is 10.6 Å². The van der Waals surface area contributed by atoms with Crippen LogP contribution in [0.1, 0.15) is 33.6 Å². The predicted octanol–water partition coefficient (Wildman–Crippen LogP) is 2.35. The molecule has 2 amide bonds. The van der Waals surface area contributed by atoms with Crippen LogP contribution in [0.3, 0.4) is 0 Å². The highest BCUT2D eigenvalue weighted by Crippen LogP contribution is 2.30. The molecule has 1 unspecified atom stereocenters. The van der Waals surface area contributed by atoms with Crippen LogP contribution in [0.15, 0.2) is 24.3 Å². The number of hydrogen-bond donors (Lipinski definition) is 3. The van der Waals surface area contributed by atoms with Gasteiger partial charge in [-0.3, -0.25) is 9.59 Å². The van der Waals surface area contributed by atoms with Crippen LogP contribution in [0, 0.1) is 11.3 Å². The van der Waals surface area contributed by atoms with Crippen LogP contribution in [-0.2, 0) is 9.59 Å². The van der Waals surface area contributed by atoms with Gasteiger partial charge in [0.15, 0.2) is 0 Å². The Kier molecular flexibility index (Phi) is 4.32. The van der Waals surface area contributed by atoms with Gasteiger partial charge >= 0.3 is 0 Å². The molecule has 1 aromatic rings. The Hall–Kier alpha value is -1.88. The van der Waals surface area contributed by atoms with E-state index >= 15 is 0 Å². The van der Waals surface area contributed by atoms with Gasteiger partial charge < -0.3 is 16.4 Å². The Morgan fingerprint density at radius 3 is 2.29 bits per heavy atom. The zero-order chi connectivity index (χ0) is 15.6. The second kappa shape index (κ2) is 5.85. The summed E-state index contributed by atoms with van der Waals surface area (Å²) in [5.41, 5.74) is 6.95. The molecule has 0 radical (unpaired) electrons. The average Bonchev–Trinajstić information content (AvgIpc) is 3.21. The smallest absolute Gasteiger partial charge is 0.241 e. The number of carbonyl (C=O) groups excluding carboxylic acids is 2. The van der Waals surface area contributed by atoms with Crippen LogP contribution in [0.4, 0.5) is 11.4 Å². The third-order valence-electron chi connectivity index (χ3n) is 3.56. The standard InChI is InChI=1S/C16H23N3O2/c1-16(2,3)13(17)15(21)19-12-6-4-5-11(9-12)18-14(20)10-7-8-10/h4-6,9-10,13H,7-8,17H2,1-3H3,(H,18,20)(H,19,21). The van der Waals surface area contributed by atoms with Crippen molar-refractivity contribution in [2.45, 2.75) is 39.7 Å². The van der Waals surface area contributed by atoms with Gasteiger partial charge in [0.2, 0.25) is 11.8 Å². The van der Waals surface area contributed by atoms with Gasteiger partial charge in [-0.25, -0.2) is 0 Å². The number of rotatable bonds is 4. The summed E-state index contributed by atoms with van der Waals surface area (Å²) >= 11 is 0. The van der Waals surface area contributed by atoms with Gasteiger partial charge in [-0.2, -0.15) is 0 Å². The molecule has 5 nitrogen and oxygen atoms in total. The molecular weight excluding hydrogens is 266 g/mol. The summed E-state index contributed by atoms with van der Waals surface area (Å²) in [5, 5.41) is 5.65. The van der Waals surface area contributed by atoms with Crippen molar-refractivity contribution in [1.29, 1.82) is 0 Å². The Bertz CT molecular complexity index is 545. The summed E-state index contributed by atoms with van der Waals surface area (Å²) < 4.78 is 0. The van der Waals surface area contributed by atoms with E-state index in [1.54, 1.807) is 24.3 Å². The van der Waals surface area contributed by atoms with E-state index < -0.39 is 6.04 Å². The molecule has 114 valence electrons. The highest BCUT2D eigenvalue weighted by Gasteiger charge is 2.30. The lowest BCUT2D eigenvalue weighted by Crippen LogP contribution is -2.45. The molecule has 1 fully saturated rings. The summed E-state index contributed by atoms with van der Waals surface area (Å²) in [6.07, 6.45) is 1.92. The molecule has 1 aromatic carbocycles. The van der Waals surface area contributed by atoms with Crippen molar-refractivity contribution >= 4 is 23.2 Å². The fraction of sp³-hybridized carbons (Fsp3) is 0.500. The molecule has 0 aliphatic heterocycles. The first-order chi connectivity index (χ1) is 9.77. The molecule has 21 heavy (non-hydrogen) atoms. The molecule has 0 heterocycles. The van der Waals surface area contributed by atoms with E-state index in [1.807, 2.05) is 20.8 Å². The Labute approximate surface area is 125 Å². The molecule has 1 aliphatic carbocycles. The van der Waals surface area contributed by atoms with Gasteiger partial charge in [0, 0.05) is 17.3 Å². The lowest BCUT2D eigenvalue weighted by molar-refractivity contribution is -0.119. The van der Waals surface area contributed by atoms with Crippen molar-refractivity contribution in [1.82, 2.24) is 0 Å². The third kappa shape index (κ3) is 4.29. The van der Waals surface area contributed by atoms with Crippen molar-refractivity contribution < 1.29 is 9.59 Å². The molecule has 1 saturated carbocycles. The van der Waals surface area contributed by atoms with Gasteiger partial charge in [0.1, 0.15) is 0 Å². The topological polar surface area (TPSA) is 84.2 Å². The van der Waals surface area contributed by atoms with Gasteiger partial charge in [-0.15, -0.1) is 0 Å². The molecule has 4 N–H and O–H groups in total. The Morgan fingerprint density at radius 2 is 1.76 bits per heavy atom. The minimum atomic E-state index is -0.595. The summed E-state index contributed by atoms with van der Waals surface area (Å²) in [6.45, 7) is 5.76. The van der Waals surface area contributed by atoms with Crippen molar-refractivity contribution in [3.63, 3.8) is 0 Å². The maximum Gasteiger partial charge on any atom is 0.241 e. The molecule has 5 heteroatoms. The number of anilines is 2. The molecule has 0 spiro atoms. The maximum atomic E-state index is 12.1. The predicted molar refractivity (Wildman–Crippen MR) is 83.9 cm³/mol. The lowest BCUT2D eigenvalue weighted by atomic mass is 9.87. The van der Waals surface area contributed by atoms with Gasteiger partial charge in [0.05, 0.1) is 6.04 Å². The molecule has 0 saturated heterocycles. The van der Waals surface area contributed by atoms with E-state index in [-0.39, 0.29) is 23.1 Å². The zero-order valence-corrected chi connectivity index (χ0v) is 12.8. The Balaban J connectivity index is 2.00. The quantitative estimate of drug-likeness (QED) is 0.795. The van der Waals surface area contributed by atoms with Crippen LogP contribution in [0.5, 0.6) is 0 Å². The fourth-order valence-corrected chi connectivity index (χ4v) is 1.88. The highest BCUT2D eigenvalue weighted by atomic mass is 16.2. The molecular formula is C16H23N3O2. The van der Waals surface area contributed by atoms with Crippen LogP contribution in [0.25, 0.3) is 0 Å². The summed E-state index contributed by atoms with van der Waals surface area (Å²) in [6, 6.07) is 6.52. The van der Waals surface area contributed by atoms with Crippen molar-refractivity contribution in [3.8, 4) is 0 Å². The number of carbonyl (C=O) groups is 2. The Morgan fingerprint density at radius 1 is 1.19 bits per heavy atom. The number of amides is 2. The van der Waals surface area contributed by atoms with E-state index in [9.17, 15) is 9.59 Å². The summed E-state index contributed by atoms with van der Waals surface area (Å²) in [4.78, 5) is 23.8. The lowest BCUT2D eigenvalue weighted by Gasteiger charge is -2.25. The molecule has 1 atom stereocenters. The monoisotopic (exact) mass is 289 g/mol. The van der Waals surface area contributed by atoms with Crippen molar-refractivity contribution in [2.24, 2.45) is 17.1 Å². The van der Waals surface area contributed by atoms with Crippen LogP contribution >= 0.6 is 0 Å². The minimum Gasteiger partial charge on any atom is -0.326 e. The first-order valence-electron chi connectivity index (χ1n) is 7.25. The fourth-order valence-electron chi connectivity index (χ4n) is 1.88. The van der Waals surface area contributed by atoms with Gasteiger partial charge in [-0.05, 0) is 36.5 Å². The van der Waals surface area contributed by atoms with Crippen LogP contribution in [0.2, 0.25) is 0 Å². The second-order valence-corrected chi connectivity index (χ2v) is 6.68. The third-order valence-corrected chi connectivity index (χ3v) is 3.56. The molecule has 0 bridgehead atoms. The van der Waals surface area contributed by atoms with E-state index in [0.717, 1.165) is 12.8 Å². The first kappa shape index (κ1) is 15.5. The normalized spacial score (nSPS) is 16.2. The van der Waals surface area contributed by atoms with Crippen molar-refractivity contribution in [3.05, 3.63) is 24.3 Å². The molecule has 1 aliphatic rings. The SMILES string of the molecule is CC(C)(C)C(N)C(=O)Nc1cccc(NC(=O)C2CC2)c1. The van der Waals surface area contributed by atoms with Crippen LogP contribution < -0.4 is 16.4 Å². The summed E-state index contributed by atoms with van der Waals surface area (Å²) in [5.74, 6) is -0.0319. The van der Waals surface area contributed by atoms with Crippen molar-refractivity contribution in [2.75, 3.05) is 10.6 Å². The van der Waals surface area contributed by atoms with Gasteiger partial charge in [0.25, 0.3) is 0 Å². The van der Waals surface area contributed by atoms with E-state index in [4.69, 9.17) is 5.73 Å².